The number of hydrogen-bond acceptors (Lipinski definition) is 6. The molecule has 0 bridgehead atoms. The maximum Gasteiger partial charge on any atom is 0.573 e. The molecular weight excluding hydrogens is 515 g/mol. The van der Waals surface area contributed by atoms with Crippen LogP contribution in [0.15, 0.2) is 78.9 Å². The van der Waals surface area contributed by atoms with Crippen LogP contribution >= 0.6 is 0 Å². The van der Waals surface area contributed by atoms with Gasteiger partial charge in [0, 0.05) is 22.9 Å². The zero-order valence-corrected chi connectivity index (χ0v) is 21.0. The highest BCUT2D eigenvalue weighted by Gasteiger charge is 2.32. The molecule has 11 heteroatoms. The molecule has 0 saturated heterocycles. The molecule has 3 aromatic carbocycles. The van der Waals surface area contributed by atoms with E-state index in [2.05, 4.69) is 15.8 Å². The van der Waals surface area contributed by atoms with Crippen molar-refractivity contribution in [1.29, 1.82) is 0 Å². The second kappa shape index (κ2) is 12.4. The third kappa shape index (κ3) is 7.51. The van der Waals surface area contributed by atoms with Crippen molar-refractivity contribution >= 4 is 22.8 Å². The Kier molecular flexibility index (Phi) is 8.72. The molecule has 0 aliphatic rings. The first-order chi connectivity index (χ1) is 18.7. The van der Waals surface area contributed by atoms with Crippen LogP contribution in [0, 0.1) is 0 Å². The second-order valence-corrected chi connectivity index (χ2v) is 8.54. The minimum absolute atomic E-state index is 0.0536. The van der Waals surface area contributed by atoms with E-state index in [0.717, 1.165) is 0 Å². The lowest BCUT2D eigenvalue weighted by molar-refractivity contribution is -0.274. The molecule has 0 aliphatic carbocycles. The maximum atomic E-state index is 13.0. The summed E-state index contributed by atoms with van der Waals surface area (Å²) in [6.07, 6.45) is -3.93. The second-order valence-electron chi connectivity index (χ2n) is 8.54. The number of nitrogens with zero attached hydrogens (tertiary/aromatic N) is 1. The molecule has 8 nitrogen and oxygen atoms in total. The van der Waals surface area contributed by atoms with E-state index in [4.69, 9.17) is 9.57 Å². The van der Waals surface area contributed by atoms with Gasteiger partial charge in [-0.05, 0) is 48.9 Å². The normalized spacial score (nSPS) is 11.3. The number of benzene rings is 3. The molecule has 4 rings (SSSR count). The van der Waals surface area contributed by atoms with Crippen LogP contribution in [-0.2, 0) is 22.8 Å². The molecule has 1 amide bonds. The Hall–Kier alpha value is -4.51. The molecule has 0 spiro atoms. The zero-order chi connectivity index (χ0) is 27.8. The average Bonchev–Trinajstić information content (AvgIpc) is 3.25. The van der Waals surface area contributed by atoms with Gasteiger partial charge in [-0.25, -0.2) is 4.79 Å². The number of carbonyl (C=O) groups excluding carboxylic acids is 2. The van der Waals surface area contributed by atoms with Crippen LogP contribution in [-0.4, -0.2) is 22.8 Å². The number of aromatic nitrogens is 1. The zero-order valence-electron chi connectivity index (χ0n) is 21.0. The highest BCUT2D eigenvalue weighted by atomic mass is 19.4. The van der Waals surface area contributed by atoms with Crippen molar-refractivity contribution in [2.45, 2.75) is 39.3 Å². The lowest BCUT2D eigenvalue weighted by atomic mass is 10.1. The summed E-state index contributed by atoms with van der Waals surface area (Å²) in [6, 6.07) is 21.6. The first-order valence-corrected chi connectivity index (χ1v) is 12.1. The summed E-state index contributed by atoms with van der Waals surface area (Å²) in [5.74, 6) is -0.739. The monoisotopic (exact) mass is 541 g/mol. The average molecular weight is 542 g/mol. The van der Waals surface area contributed by atoms with Crippen LogP contribution < -0.4 is 20.5 Å². The smallest absolute Gasteiger partial charge is 0.487 e. The van der Waals surface area contributed by atoms with Gasteiger partial charge < -0.3 is 18.9 Å². The van der Waals surface area contributed by atoms with Crippen molar-refractivity contribution in [2.75, 3.05) is 0 Å². The Labute approximate surface area is 222 Å². The van der Waals surface area contributed by atoms with Crippen molar-refractivity contribution in [2.24, 2.45) is 0 Å². The Balaban J connectivity index is 1.62. The number of amides is 1. The number of rotatable bonds is 11. The van der Waals surface area contributed by atoms with Gasteiger partial charge in [0.25, 0.3) is 0 Å². The molecular formula is C28H26F3N3O5. The Morgan fingerprint density at radius 3 is 2.44 bits per heavy atom. The maximum absolute atomic E-state index is 13.0. The van der Waals surface area contributed by atoms with E-state index in [1.807, 2.05) is 25.1 Å². The molecule has 2 N–H and O–H groups in total. The fourth-order valence-electron chi connectivity index (χ4n) is 3.94. The summed E-state index contributed by atoms with van der Waals surface area (Å²) in [4.78, 5) is 29.0. The van der Waals surface area contributed by atoms with Gasteiger partial charge in [0.15, 0.2) is 0 Å². The van der Waals surface area contributed by atoms with Crippen LogP contribution in [0.3, 0.4) is 0 Å². The molecule has 4 aromatic rings. The van der Waals surface area contributed by atoms with Crippen LogP contribution in [0.4, 0.5) is 13.2 Å². The number of hydrazine groups is 1. The number of alkyl halides is 3. The summed E-state index contributed by atoms with van der Waals surface area (Å²) in [5.41, 5.74) is 6.25. The molecule has 1 heterocycles. The van der Waals surface area contributed by atoms with E-state index < -0.39 is 12.3 Å². The van der Waals surface area contributed by atoms with Gasteiger partial charge in [0.05, 0.1) is 17.8 Å². The van der Waals surface area contributed by atoms with Crippen LogP contribution in [0.25, 0.3) is 10.9 Å². The third-order valence-corrected chi connectivity index (χ3v) is 5.69. The fraction of sp³-hybridized carbons (Fsp3) is 0.214. The molecule has 39 heavy (non-hydrogen) atoms. The number of para-hydroxylation sites is 2. The molecule has 1 aromatic heterocycles. The SMILES string of the molecule is CCCC(=O)NNOC(=O)c1ccc2c(c1)cc(COc1ccccc1)n2Cc1ccccc1OC(F)(F)F. The lowest BCUT2D eigenvalue weighted by Gasteiger charge is -2.16. The van der Waals surface area contributed by atoms with Crippen molar-refractivity contribution in [3.8, 4) is 11.5 Å². The van der Waals surface area contributed by atoms with Gasteiger partial charge in [-0.3, -0.25) is 10.2 Å². The quantitative estimate of drug-likeness (QED) is 0.238. The van der Waals surface area contributed by atoms with E-state index >= 15 is 0 Å². The van der Waals surface area contributed by atoms with Gasteiger partial charge in [0.2, 0.25) is 5.91 Å². The highest BCUT2D eigenvalue weighted by molar-refractivity contribution is 5.95. The standard InChI is InChI=1S/C28H26F3N3O5/c1-2-8-26(35)32-33-39-27(36)19-13-14-24-21(15-19)16-22(18-37-23-10-4-3-5-11-23)34(24)17-20-9-6-7-12-25(20)38-28(29,30)31/h3-7,9-16,33H,2,8,17-18H2,1H3,(H,32,35). The molecule has 204 valence electrons. The van der Waals surface area contributed by atoms with E-state index in [9.17, 15) is 22.8 Å². The first kappa shape index (κ1) is 27.5. The van der Waals surface area contributed by atoms with Gasteiger partial charge >= 0.3 is 12.3 Å². The molecule has 0 saturated carbocycles. The van der Waals surface area contributed by atoms with Crippen molar-refractivity contribution in [3.05, 3.63) is 95.7 Å². The summed E-state index contributed by atoms with van der Waals surface area (Å²) >= 11 is 0. The minimum atomic E-state index is -4.84. The lowest BCUT2D eigenvalue weighted by Crippen LogP contribution is -2.38. The Morgan fingerprint density at radius 1 is 0.949 bits per heavy atom. The molecule has 0 radical (unpaired) electrons. The number of hydrogen-bond donors (Lipinski definition) is 2. The van der Waals surface area contributed by atoms with Gasteiger partial charge in [-0.15, -0.1) is 13.2 Å². The van der Waals surface area contributed by atoms with Crippen LogP contribution in [0.1, 0.15) is 41.4 Å². The third-order valence-electron chi connectivity index (χ3n) is 5.69. The highest BCUT2D eigenvalue weighted by Crippen LogP contribution is 2.30. The minimum Gasteiger partial charge on any atom is -0.487 e. The number of carbonyl (C=O) groups is 2. The predicted octanol–water partition coefficient (Wildman–Crippen LogP) is 5.66. The molecule has 0 aliphatic heterocycles. The largest absolute Gasteiger partial charge is 0.573 e. The van der Waals surface area contributed by atoms with Gasteiger partial charge in [-0.2, -0.15) is 0 Å². The Bertz CT molecular complexity index is 1440. The summed E-state index contributed by atoms with van der Waals surface area (Å²) < 4.78 is 51.0. The summed E-state index contributed by atoms with van der Waals surface area (Å²) in [5, 5.41) is 0.639. The van der Waals surface area contributed by atoms with E-state index in [1.54, 1.807) is 47.0 Å². The number of halogens is 3. The van der Waals surface area contributed by atoms with Crippen molar-refractivity contribution in [3.63, 3.8) is 0 Å². The first-order valence-electron chi connectivity index (χ1n) is 12.1. The number of nitrogens with one attached hydrogen (secondary N) is 2. The van der Waals surface area contributed by atoms with E-state index in [0.29, 0.717) is 34.3 Å². The predicted molar refractivity (Wildman–Crippen MR) is 137 cm³/mol. The molecule has 0 fully saturated rings. The molecule has 0 atom stereocenters. The van der Waals surface area contributed by atoms with Crippen molar-refractivity contribution < 1.29 is 37.1 Å². The Morgan fingerprint density at radius 2 is 1.69 bits per heavy atom. The van der Waals surface area contributed by atoms with Crippen molar-refractivity contribution in [1.82, 2.24) is 15.6 Å². The topological polar surface area (TPSA) is 90.8 Å². The fourth-order valence-corrected chi connectivity index (χ4v) is 3.94. The number of fused-ring (bicyclic) bond motifs is 1. The summed E-state index contributed by atoms with van der Waals surface area (Å²) in [7, 11) is 0. The number of ether oxygens (including phenoxy) is 2. The van der Waals surface area contributed by atoms with Gasteiger partial charge in [-0.1, -0.05) is 48.9 Å². The summed E-state index contributed by atoms with van der Waals surface area (Å²) in [6.45, 7) is 2.01. The van der Waals surface area contributed by atoms with Crippen LogP contribution in [0.2, 0.25) is 0 Å². The molecule has 0 unspecified atom stereocenters. The van der Waals surface area contributed by atoms with Crippen LogP contribution in [0.5, 0.6) is 11.5 Å². The van der Waals surface area contributed by atoms with E-state index in [-0.39, 0.29) is 36.8 Å². The van der Waals surface area contributed by atoms with Gasteiger partial charge in [0.1, 0.15) is 18.1 Å². The van der Waals surface area contributed by atoms with E-state index in [1.165, 1.54) is 18.2 Å².